The van der Waals surface area contributed by atoms with Crippen LogP contribution in [0.15, 0.2) is 72.8 Å². The maximum absolute atomic E-state index is 16.2. The highest BCUT2D eigenvalue weighted by atomic mass is 32.2. The van der Waals surface area contributed by atoms with E-state index >= 15 is 4.39 Å². The first-order valence-corrected chi connectivity index (χ1v) is 12.1. The molecule has 0 radical (unpaired) electrons. The molecular formula is C26H25F3O5S. The minimum Gasteiger partial charge on any atom is -0.457 e. The molecule has 3 aromatic carbocycles. The van der Waals surface area contributed by atoms with Gasteiger partial charge in [-0.15, -0.1) is 0 Å². The molecule has 35 heavy (non-hydrogen) atoms. The van der Waals surface area contributed by atoms with Gasteiger partial charge in [0.15, 0.2) is 6.61 Å². The SMILES string of the molecule is CC(C)(C)C(C(=O)OCC(F)(F)S(=O)(=O)O)c1ccc(-c2ccccc2)c(-c2ccccc2)c1F. The predicted molar refractivity (Wildman–Crippen MR) is 127 cm³/mol. The Hall–Kier alpha value is -3.17. The molecule has 5 nitrogen and oxygen atoms in total. The van der Waals surface area contributed by atoms with Crippen molar-refractivity contribution in [3.8, 4) is 22.3 Å². The second-order valence-corrected chi connectivity index (χ2v) is 10.7. The number of rotatable bonds is 7. The van der Waals surface area contributed by atoms with E-state index in [0.717, 1.165) is 5.56 Å². The Morgan fingerprint density at radius 3 is 1.91 bits per heavy atom. The van der Waals surface area contributed by atoms with Crippen LogP contribution in [0, 0.1) is 11.2 Å². The van der Waals surface area contributed by atoms with Crippen molar-refractivity contribution in [3.63, 3.8) is 0 Å². The van der Waals surface area contributed by atoms with E-state index in [0.29, 0.717) is 11.1 Å². The van der Waals surface area contributed by atoms with Crippen LogP contribution in [0.5, 0.6) is 0 Å². The van der Waals surface area contributed by atoms with Crippen LogP contribution >= 0.6 is 0 Å². The van der Waals surface area contributed by atoms with Crippen molar-refractivity contribution in [2.45, 2.75) is 31.9 Å². The number of hydrogen-bond acceptors (Lipinski definition) is 4. The highest BCUT2D eigenvalue weighted by Gasteiger charge is 2.47. The number of carbonyl (C=O) groups excluding carboxylic acids is 1. The van der Waals surface area contributed by atoms with Gasteiger partial charge in [-0.25, -0.2) is 4.39 Å². The zero-order chi connectivity index (χ0) is 26.0. The van der Waals surface area contributed by atoms with Crippen molar-refractivity contribution in [2.75, 3.05) is 6.61 Å². The molecule has 1 unspecified atom stereocenters. The minimum atomic E-state index is -5.80. The van der Waals surface area contributed by atoms with Gasteiger partial charge in [0, 0.05) is 11.1 Å². The van der Waals surface area contributed by atoms with Crippen molar-refractivity contribution in [2.24, 2.45) is 5.41 Å². The predicted octanol–water partition coefficient (Wildman–Crippen LogP) is 6.31. The van der Waals surface area contributed by atoms with E-state index in [-0.39, 0.29) is 11.1 Å². The molecule has 3 rings (SSSR count). The fraction of sp³-hybridized carbons (Fsp3) is 0.269. The third-order valence-electron chi connectivity index (χ3n) is 5.49. The molecule has 186 valence electrons. The fourth-order valence-corrected chi connectivity index (χ4v) is 4.03. The molecule has 0 heterocycles. The highest BCUT2D eigenvalue weighted by Crippen LogP contribution is 2.43. The Morgan fingerprint density at radius 2 is 1.43 bits per heavy atom. The van der Waals surface area contributed by atoms with Crippen LogP contribution in [0.4, 0.5) is 13.2 Å². The number of hydrogen-bond donors (Lipinski definition) is 1. The van der Waals surface area contributed by atoms with Crippen molar-refractivity contribution < 1.29 is 35.7 Å². The van der Waals surface area contributed by atoms with E-state index in [4.69, 9.17) is 4.55 Å². The third-order valence-corrected chi connectivity index (χ3v) is 6.36. The third kappa shape index (κ3) is 5.74. The molecule has 0 spiro atoms. The van der Waals surface area contributed by atoms with Gasteiger partial charge in [0.1, 0.15) is 5.82 Å². The summed E-state index contributed by atoms with van der Waals surface area (Å²) in [5.41, 5.74) is 0.991. The summed E-state index contributed by atoms with van der Waals surface area (Å²) in [5, 5.41) is -4.70. The van der Waals surface area contributed by atoms with Crippen molar-refractivity contribution in [1.29, 1.82) is 0 Å². The Kier molecular flexibility index (Phi) is 7.42. The highest BCUT2D eigenvalue weighted by molar-refractivity contribution is 7.86. The summed E-state index contributed by atoms with van der Waals surface area (Å²) in [4.78, 5) is 12.9. The van der Waals surface area contributed by atoms with Gasteiger partial charge in [0.2, 0.25) is 0 Å². The van der Waals surface area contributed by atoms with Gasteiger partial charge < -0.3 is 4.74 Å². The monoisotopic (exact) mass is 506 g/mol. The van der Waals surface area contributed by atoms with Gasteiger partial charge in [-0.2, -0.15) is 17.2 Å². The first-order chi connectivity index (χ1) is 16.2. The smallest absolute Gasteiger partial charge is 0.402 e. The van der Waals surface area contributed by atoms with Crippen LogP contribution in [0.3, 0.4) is 0 Å². The maximum atomic E-state index is 16.2. The van der Waals surface area contributed by atoms with Gasteiger partial charge in [-0.1, -0.05) is 93.6 Å². The first-order valence-electron chi connectivity index (χ1n) is 10.7. The lowest BCUT2D eigenvalue weighted by atomic mass is 9.75. The van der Waals surface area contributed by atoms with Crippen LogP contribution < -0.4 is 0 Å². The molecule has 0 aromatic heterocycles. The van der Waals surface area contributed by atoms with Crippen LogP contribution in [0.1, 0.15) is 32.3 Å². The number of halogens is 3. The summed E-state index contributed by atoms with van der Waals surface area (Å²) < 4.78 is 78.6. The Morgan fingerprint density at radius 1 is 0.914 bits per heavy atom. The molecule has 0 aliphatic carbocycles. The Balaban J connectivity index is 2.14. The molecular weight excluding hydrogens is 481 g/mol. The molecule has 1 atom stereocenters. The summed E-state index contributed by atoms with van der Waals surface area (Å²) >= 11 is 0. The molecule has 0 amide bonds. The van der Waals surface area contributed by atoms with Crippen LogP contribution in [-0.4, -0.2) is 30.8 Å². The second-order valence-electron chi connectivity index (χ2n) is 9.14. The standard InChI is InChI=1S/C26H25F3O5S/c1-25(2,3)22(24(30)34-16-26(28,29)35(31,32)33)20-15-14-19(17-10-6-4-7-11-17)21(23(20)27)18-12-8-5-9-13-18/h4-15,22H,16H2,1-3H3,(H,31,32,33). The molecule has 1 N–H and O–H groups in total. The molecule has 3 aromatic rings. The van der Waals surface area contributed by atoms with Crippen molar-refractivity contribution in [3.05, 3.63) is 84.2 Å². The normalized spacial score (nSPS) is 13.3. The zero-order valence-electron chi connectivity index (χ0n) is 19.3. The summed E-state index contributed by atoms with van der Waals surface area (Å²) in [5.74, 6) is -3.32. The zero-order valence-corrected chi connectivity index (χ0v) is 20.2. The lowest BCUT2D eigenvalue weighted by Gasteiger charge is -2.31. The van der Waals surface area contributed by atoms with E-state index in [1.54, 1.807) is 69.3 Å². The maximum Gasteiger partial charge on any atom is 0.402 e. The van der Waals surface area contributed by atoms with E-state index in [1.165, 1.54) is 6.07 Å². The molecule has 0 aliphatic heterocycles. The number of esters is 1. The van der Waals surface area contributed by atoms with Gasteiger partial charge in [-0.3, -0.25) is 9.35 Å². The van der Waals surface area contributed by atoms with Crippen LogP contribution in [0.25, 0.3) is 22.3 Å². The molecule has 9 heteroatoms. The average Bonchev–Trinajstić information content (AvgIpc) is 2.78. The number of alkyl halides is 2. The lowest BCUT2D eigenvalue weighted by Crippen LogP contribution is -2.37. The fourth-order valence-electron chi connectivity index (χ4n) is 3.82. The van der Waals surface area contributed by atoms with Gasteiger partial charge in [0.25, 0.3) is 0 Å². The largest absolute Gasteiger partial charge is 0.457 e. The molecule has 0 saturated heterocycles. The summed E-state index contributed by atoms with van der Waals surface area (Å²) in [6.07, 6.45) is 0. The van der Waals surface area contributed by atoms with E-state index in [2.05, 4.69) is 4.74 Å². The van der Waals surface area contributed by atoms with Crippen molar-refractivity contribution in [1.82, 2.24) is 0 Å². The lowest BCUT2D eigenvalue weighted by molar-refractivity contribution is -0.154. The Bertz CT molecular complexity index is 1300. The second kappa shape index (κ2) is 9.83. The molecule has 0 saturated carbocycles. The molecule has 0 aliphatic rings. The van der Waals surface area contributed by atoms with E-state index in [1.807, 2.05) is 18.2 Å². The van der Waals surface area contributed by atoms with Crippen molar-refractivity contribution >= 4 is 16.1 Å². The minimum absolute atomic E-state index is 0.0868. The summed E-state index contributed by atoms with van der Waals surface area (Å²) in [7, 11) is -5.80. The quantitative estimate of drug-likeness (QED) is 0.300. The summed E-state index contributed by atoms with van der Waals surface area (Å²) in [6.45, 7) is 2.91. The Labute approximate surface area is 202 Å². The molecule has 0 fully saturated rings. The number of carbonyl (C=O) groups is 1. The first kappa shape index (κ1) is 26.4. The van der Waals surface area contributed by atoms with Gasteiger partial charge in [-0.05, 0) is 22.1 Å². The van der Waals surface area contributed by atoms with Crippen LogP contribution in [0.2, 0.25) is 0 Å². The van der Waals surface area contributed by atoms with E-state index < -0.39 is 45.1 Å². The topological polar surface area (TPSA) is 80.7 Å². The van der Waals surface area contributed by atoms with Gasteiger partial charge >= 0.3 is 21.3 Å². The van der Waals surface area contributed by atoms with E-state index in [9.17, 15) is 22.0 Å². The average molecular weight is 507 g/mol. The molecule has 0 bridgehead atoms. The summed E-state index contributed by atoms with van der Waals surface area (Å²) in [6, 6.07) is 20.8. The van der Waals surface area contributed by atoms with Crippen LogP contribution in [-0.2, 0) is 19.6 Å². The number of benzene rings is 3. The number of ether oxygens (including phenoxy) is 1. The van der Waals surface area contributed by atoms with Gasteiger partial charge in [0.05, 0.1) is 5.92 Å².